The number of methoxy groups -OCH3 is 4. The van der Waals surface area contributed by atoms with Gasteiger partial charge < -0.3 is 29.2 Å². The first-order valence-electron chi connectivity index (χ1n) is 10.7. The van der Waals surface area contributed by atoms with E-state index in [0.717, 1.165) is 5.56 Å². The summed E-state index contributed by atoms with van der Waals surface area (Å²) in [6, 6.07) is 7.10. The van der Waals surface area contributed by atoms with E-state index >= 15 is 0 Å². The Labute approximate surface area is 199 Å². The molecule has 1 fully saturated rings. The van der Waals surface area contributed by atoms with E-state index in [4.69, 9.17) is 18.9 Å². The summed E-state index contributed by atoms with van der Waals surface area (Å²) in [5.74, 6) is 1.90. The number of carbonyl (C=O) groups excluding carboxylic acids is 1. The molecule has 0 bridgehead atoms. The van der Waals surface area contributed by atoms with Crippen molar-refractivity contribution in [3.63, 3.8) is 0 Å². The summed E-state index contributed by atoms with van der Waals surface area (Å²) in [6.45, 7) is 0.466. The second-order valence-corrected chi connectivity index (χ2v) is 7.98. The van der Waals surface area contributed by atoms with E-state index in [1.165, 1.54) is 7.11 Å². The van der Waals surface area contributed by atoms with Crippen LogP contribution in [0.25, 0.3) is 12.2 Å². The van der Waals surface area contributed by atoms with Gasteiger partial charge in [0.2, 0.25) is 5.75 Å². The molecule has 8 heteroatoms. The van der Waals surface area contributed by atoms with Crippen LogP contribution in [0.3, 0.4) is 0 Å². The van der Waals surface area contributed by atoms with E-state index in [9.17, 15) is 15.0 Å². The van der Waals surface area contributed by atoms with Gasteiger partial charge in [-0.3, -0.25) is 9.69 Å². The van der Waals surface area contributed by atoms with Crippen molar-refractivity contribution in [1.29, 1.82) is 0 Å². The van der Waals surface area contributed by atoms with Crippen LogP contribution in [-0.4, -0.2) is 69.5 Å². The summed E-state index contributed by atoms with van der Waals surface area (Å²) in [5, 5.41) is 19.4. The summed E-state index contributed by atoms with van der Waals surface area (Å²) in [7, 11) is 8.08. The minimum Gasteiger partial charge on any atom is -0.496 e. The van der Waals surface area contributed by atoms with E-state index in [2.05, 4.69) is 0 Å². The van der Waals surface area contributed by atoms with E-state index in [-0.39, 0.29) is 19.0 Å². The molecule has 0 atom stereocenters. The lowest BCUT2D eigenvalue weighted by atomic mass is 9.93. The molecule has 0 aromatic heterocycles. The molecule has 0 radical (unpaired) electrons. The van der Waals surface area contributed by atoms with Gasteiger partial charge in [-0.2, -0.15) is 0 Å². The van der Waals surface area contributed by atoms with Crippen LogP contribution in [0.1, 0.15) is 22.3 Å². The first kappa shape index (κ1) is 25.3. The predicted molar refractivity (Wildman–Crippen MR) is 129 cm³/mol. The number of carbonyl (C=O) groups is 1. The van der Waals surface area contributed by atoms with Crippen molar-refractivity contribution in [3.8, 4) is 23.0 Å². The number of nitrogens with zero attached hydrogens (tertiary/aromatic N) is 1. The third-order valence-corrected chi connectivity index (χ3v) is 5.70. The van der Waals surface area contributed by atoms with Gasteiger partial charge in [-0.25, -0.2) is 0 Å². The highest BCUT2D eigenvalue weighted by atomic mass is 16.5. The van der Waals surface area contributed by atoms with Crippen LogP contribution < -0.4 is 18.9 Å². The van der Waals surface area contributed by atoms with Crippen LogP contribution in [-0.2, 0) is 18.0 Å². The lowest BCUT2D eigenvalue weighted by Gasteiger charge is -2.26. The smallest absolute Gasteiger partial charge is 0.203 e. The molecule has 2 aromatic carbocycles. The van der Waals surface area contributed by atoms with Crippen molar-refractivity contribution in [3.05, 3.63) is 57.7 Å². The SMILES string of the molecule is COc1cc(/C=C2\CN(C)C/C(=C\c3cc(OC)c(OC)c(OC)c3)C2=O)cc(CO)c1CO. The molecule has 34 heavy (non-hydrogen) atoms. The number of piperidine rings is 1. The molecule has 0 unspecified atom stereocenters. The fourth-order valence-electron chi connectivity index (χ4n) is 4.11. The van der Waals surface area contributed by atoms with Gasteiger partial charge in [0.1, 0.15) is 5.75 Å². The lowest BCUT2D eigenvalue weighted by Crippen LogP contribution is -2.34. The number of likely N-dealkylation sites (N-methyl/N-ethyl adjacent to an activating group) is 1. The molecule has 0 amide bonds. The number of aliphatic hydroxyl groups is 2. The van der Waals surface area contributed by atoms with Gasteiger partial charge in [-0.05, 0) is 60.2 Å². The number of hydrogen-bond acceptors (Lipinski definition) is 8. The third kappa shape index (κ3) is 5.25. The van der Waals surface area contributed by atoms with Crippen LogP contribution in [0.15, 0.2) is 35.4 Å². The molecule has 0 saturated carbocycles. The Morgan fingerprint density at radius 1 is 0.794 bits per heavy atom. The van der Waals surface area contributed by atoms with Crippen molar-refractivity contribution in [2.24, 2.45) is 0 Å². The van der Waals surface area contributed by atoms with E-state index in [1.54, 1.807) is 51.7 Å². The minimum atomic E-state index is -0.251. The quantitative estimate of drug-likeness (QED) is 0.570. The van der Waals surface area contributed by atoms with Gasteiger partial charge in [-0.15, -0.1) is 0 Å². The highest BCUT2D eigenvalue weighted by Crippen LogP contribution is 2.39. The number of ether oxygens (including phenoxy) is 4. The van der Waals surface area contributed by atoms with Crippen molar-refractivity contribution < 1.29 is 34.0 Å². The topological polar surface area (TPSA) is 97.7 Å². The van der Waals surface area contributed by atoms with Gasteiger partial charge in [0.05, 0.1) is 41.7 Å². The maximum absolute atomic E-state index is 13.4. The molecule has 1 heterocycles. The second-order valence-electron chi connectivity index (χ2n) is 7.98. The fraction of sp³-hybridized carbons (Fsp3) is 0.346. The zero-order valence-electron chi connectivity index (χ0n) is 20.2. The van der Waals surface area contributed by atoms with Crippen molar-refractivity contribution in [2.75, 3.05) is 48.6 Å². The van der Waals surface area contributed by atoms with E-state index in [1.807, 2.05) is 18.0 Å². The molecule has 2 aromatic rings. The van der Waals surface area contributed by atoms with E-state index in [0.29, 0.717) is 63.9 Å². The number of aliphatic hydroxyl groups excluding tert-OH is 2. The Morgan fingerprint density at radius 2 is 1.29 bits per heavy atom. The number of ketones is 1. The number of likely N-dealkylation sites (tertiary alicyclic amines) is 1. The number of Topliss-reactive ketones (excluding diaryl/α,β-unsaturated/α-hetero) is 1. The molecular weight excluding hydrogens is 438 g/mol. The largest absolute Gasteiger partial charge is 0.496 e. The minimum absolute atomic E-state index is 0.0670. The predicted octanol–water partition coefficient (Wildman–Crippen LogP) is 2.69. The van der Waals surface area contributed by atoms with Gasteiger partial charge in [-0.1, -0.05) is 0 Å². The molecule has 1 saturated heterocycles. The van der Waals surface area contributed by atoms with E-state index < -0.39 is 0 Å². The Morgan fingerprint density at radius 3 is 1.74 bits per heavy atom. The fourth-order valence-corrected chi connectivity index (χ4v) is 4.11. The molecule has 3 rings (SSSR count). The van der Waals surface area contributed by atoms with Gasteiger partial charge in [0, 0.05) is 29.8 Å². The van der Waals surface area contributed by atoms with Crippen molar-refractivity contribution >= 4 is 17.9 Å². The number of benzene rings is 2. The van der Waals surface area contributed by atoms with Crippen LogP contribution in [0.2, 0.25) is 0 Å². The first-order valence-corrected chi connectivity index (χ1v) is 10.7. The van der Waals surface area contributed by atoms with Gasteiger partial charge in [0.25, 0.3) is 0 Å². The van der Waals surface area contributed by atoms with Gasteiger partial charge >= 0.3 is 0 Å². The van der Waals surface area contributed by atoms with Crippen LogP contribution in [0.4, 0.5) is 0 Å². The molecular formula is C26H31NO7. The number of hydrogen-bond donors (Lipinski definition) is 2. The van der Waals surface area contributed by atoms with Crippen LogP contribution in [0, 0.1) is 0 Å². The third-order valence-electron chi connectivity index (χ3n) is 5.70. The summed E-state index contributed by atoms with van der Waals surface area (Å²) < 4.78 is 21.6. The first-order chi connectivity index (χ1) is 16.4. The maximum Gasteiger partial charge on any atom is 0.203 e. The summed E-state index contributed by atoms with van der Waals surface area (Å²) in [4.78, 5) is 15.4. The molecule has 2 N–H and O–H groups in total. The van der Waals surface area contributed by atoms with Gasteiger partial charge in [0.15, 0.2) is 17.3 Å². The molecule has 1 aliphatic heterocycles. The number of rotatable bonds is 8. The second kappa shape index (κ2) is 11.2. The zero-order valence-corrected chi connectivity index (χ0v) is 20.2. The molecule has 182 valence electrons. The standard InChI is InChI=1S/C26H31NO7/c1-27-12-18(6-16-8-20(14-28)21(15-29)22(9-16)31-2)25(30)19(13-27)7-17-10-23(32-3)26(34-5)24(11-17)33-4/h6-11,28-29H,12-15H2,1-5H3/b18-6+,19-7+. The summed E-state index contributed by atoms with van der Waals surface area (Å²) in [5.41, 5.74) is 3.78. The Balaban J connectivity index is 2.03. The average molecular weight is 470 g/mol. The highest BCUT2D eigenvalue weighted by molar-refractivity contribution is 6.14. The highest BCUT2D eigenvalue weighted by Gasteiger charge is 2.25. The van der Waals surface area contributed by atoms with Crippen LogP contribution >= 0.6 is 0 Å². The maximum atomic E-state index is 13.4. The molecule has 0 spiro atoms. The average Bonchev–Trinajstić information content (AvgIpc) is 2.85. The monoisotopic (exact) mass is 469 g/mol. The molecule has 0 aliphatic carbocycles. The summed E-state index contributed by atoms with van der Waals surface area (Å²) in [6.07, 6.45) is 3.62. The Hall–Kier alpha value is -3.33. The molecule has 8 nitrogen and oxygen atoms in total. The summed E-state index contributed by atoms with van der Waals surface area (Å²) >= 11 is 0. The Kier molecular flexibility index (Phi) is 8.33. The van der Waals surface area contributed by atoms with Crippen molar-refractivity contribution in [2.45, 2.75) is 13.2 Å². The normalized spacial score (nSPS) is 16.7. The lowest BCUT2D eigenvalue weighted by molar-refractivity contribution is -0.113. The zero-order chi connectivity index (χ0) is 24.8. The van der Waals surface area contributed by atoms with Crippen molar-refractivity contribution in [1.82, 2.24) is 4.90 Å². The van der Waals surface area contributed by atoms with Crippen LogP contribution in [0.5, 0.6) is 23.0 Å². The molecule has 1 aliphatic rings. The Bertz CT molecular complexity index is 985.